The first-order valence-corrected chi connectivity index (χ1v) is 7.06. The summed E-state index contributed by atoms with van der Waals surface area (Å²) < 4.78 is 17.9. The number of aromatic nitrogens is 3. The van der Waals surface area contributed by atoms with E-state index in [-0.39, 0.29) is 0 Å². The van der Waals surface area contributed by atoms with E-state index in [4.69, 9.17) is 26.4 Å². The predicted molar refractivity (Wildman–Crippen MR) is 85.9 cm³/mol. The summed E-state index contributed by atoms with van der Waals surface area (Å²) in [5.41, 5.74) is 0.791. The molecule has 1 heterocycles. The number of rotatable bonds is 6. The van der Waals surface area contributed by atoms with Crippen LogP contribution in [0.1, 0.15) is 18.3 Å². The number of hydrogen-bond donors (Lipinski definition) is 1. The number of ether oxygens (including phenoxy) is 3. The first-order chi connectivity index (χ1) is 10.6. The van der Waals surface area contributed by atoms with Crippen LogP contribution in [0.2, 0.25) is 0 Å². The Labute approximate surface area is 133 Å². The van der Waals surface area contributed by atoms with Crippen LogP contribution >= 0.6 is 12.2 Å². The van der Waals surface area contributed by atoms with Crippen LogP contribution < -0.4 is 14.2 Å². The highest BCUT2D eigenvalue weighted by molar-refractivity contribution is 7.71. The van der Waals surface area contributed by atoms with Crippen LogP contribution in [0.25, 0.3) is 0 Å². The third kappa shape index (κ3) is 3.11. The molecule has 0 aliphatic rings. The summed E-state index contributed by atoms with van der Waals surface area (Å²) in [5.74, 6) is 2.43. The van der Waals surface area contributed by atoms with Crippen molar-refractivity contribution in [3.63, 3.8) is 0 Å². The van der Waals surface area contributed by atoms with Crippen LogP contribution in [-0.4, -0.2) is 42.4 Å². The molecule has 2 aromatic rings. The van der Waals surface area contributed by atoms with Gasteiger partial charge in [0.05, 0.1) is 27.5 Å². The lowest BCUT2D eigenvalue weighted by Crippen LogP contribution is -1.99. The predicted octanol–water partition coefficient (Wildman–Crippen LogP) is 2.41. The van der Waals surface area contributed by atoms with E-state index in [2.05, 4.69) is 15.3 Å². The molecule has 118 valence electrons. The lowest BCUT2D eigenvalue weighted by atomic mass is 10.2. The van der Waals surface area contributed by atoms with Crippen molar-refractivity contribution in [1.82, 2.24) is 14.9 Å². The number of nitrogens with one attached hydrogen (secondary N) is 1. The van der Waals surface area contributed by atoms with E-state index in [1.165, 1.54) is 0 Å². The van der Waals surface area contributed by atoms with Gasteiger partial charge < -0.3 is 14.2 Å². The van der Waals surface area contributed by atoms with E-state index < -0.39 is 0 Å². The third-order valence-corrected chi connectivity index (χ3v) is 3.31. The van der Waals surface area contributed by atoms with E-state index in [0.29, 0.717) is 22.0 Å². The summed E-state index contributed by atoms with van der Waals surface area (Å²) in [4.78, 5) is 0. The molecular weight excluding hydrogens is 304 g/mol. The minimum atomic E-state index is 0.445. The van der Waals surface area contributed by atoms with Crippen LogP contribution in [0.15, 0.2) is 17.2 Å². The van der Waals surface area contributed by atoms with Gasteiger partial charge in [0.1, 0.15) is 0 Å². The SMILES string of the molecule is CCc1n[nH]c(=S)n1/N=C\c1cc(OC)c(OC)c(OC)c1. The van der Waals surface area contributed by atoms with Crippen molar-refractivity contribution in [3.05, 3.63) is 28.3 Å². The van der Waals surface area contributed by atoms with Gasteiger partial charge in [0.25, 0.3) is 0 Å². The Balaban J connectivity index is 2.43. The van der Waals surface area contributed by atoms with Gasteiger partial charge in [0.2, 0.25) is 10.5 Å². The van der Waals surface area contributed by atoms with Crippen molar-refractivity contribution in [3.8, 4) is 17.2 Å². The maximum absolute atomic E-state index is 5.31. The van der Waals surface area contributed by atoms with Crippen molar-refractivity contribution in [2.45, 2.75) is 13.3 Å². The molecule has 2 rings (SSSR count). The molecule has 0 atom stereocenters. The van der Waals surface area contributed by atoms with Gasteiger partial charge in [0.15, 0.2) is 17.3 Å². The molecule has 0 spiro atoms. The third-order valence-electron chi connectivity index (χ3n) is 3.04. The Morgan fingerprint density at radius 1 is 1.23 bits per heavy atom. The Kier molecular flexibility index (Phi) is 5.16. The molecule has 0 bridgehead atoms. The zero-order valence-electron chi connectivity index (χ0n) is 12.9. The average molecular weight is 322 g/mol. The molecule has 0 aliphatic carbocycles. The van der Waals surface area contributed by atoms with Crippen LogP contribution in [-0.2, 0) is 6.42 Å². The highest BCUT2D eigenvalue weighted by Gasteiger charge is 2.12. The molecule has 0 unspecified atom stereocenters. The Hall–Kier alpha value is -2.35. The standard InChI is InChI=1S/C14H18N4O3S/c1-5-12-16-17-14(22)18(12)15-8-9-6-10(19-2)13(21-4)11(7-9)20-3/h6-8H,5H2,1-4H3,(H,17,22)/b15-8-. The number of aryl methyl sites for hydroxylation is 1. The fraction of sp³-hybridized carbons (Fsp3) is 0.357. The second kappa shape index (κ2) is 7.08. The molecule has 0 saturated heterocycles. The van der Waals surface area contributed by atoms with E-state index in [0.717, 1.165) is 17.8 Å². The summed E-state index contributed by atoms with van der Waals surface area (Å²) in [5, 5.41) is 11.2. The van der Waals surface area contributed by atoms with Gasteiger partial charge in [0, 0.05) is 12.0 Å². The Bertz CT molecular complexity index is 711. The number of nitrogens with zero attached hydrogens (tertiary/aromatic N) is 3. The maximum Gasteiger partial charge on any atom is 0.216 e. The van der Waals surface area contributed by atoms with Gasteiger partial charge in [-0.3, -0.25) is 5.10 Å². The number of aromatic amines is 1. The van der Waals surface area contributed by atoms with E-state index >= 15 is 0 Å². The molecule has 0 radical (unpaired) electrons. The monoisotopic (exact) mass is 322 g/mol. The summed E-state index contributed by atoms with van der Waals surface area (Å²) in [7, 11) is 4.70. The Morgan fingerprint density at radius 2 is 1.86 bits per heavy atom. The second-order valence-electron chi connectivity index (χ2n) is 4.31. The number of hydrogen-bond acceptors (Lipinski definition) is 6. The summed E-state index contributed by atoms with van der Waals surface area (Å²) in [6.07, 6.45) is 2.38. The molecule has 22 heavy (non-hydrogen) atoms. The van der Waals surface area contributed by atoms with E-state index in [9.17, 15) is 0 Å². The van der Waals surface area contributed by atoms with Crippen LogP contribution in [0.4, 0.5) is 0 Å². The van der Waals surface area contributed by atoms with E-state index in [1.54, 1.807) is 44.4 Å². The zero-order valence-corrected chi connectivity index (χ0v) is 13.7. The first kappa shape index (κ1) is 16.0. The van der Waals surface area contributed by atoms with Crippen molar-refractivity contribution in [1.29, 1.82) is 0 Å². The summed E-state index contributed by atoms with van der Waals surface area (Å²) in [6, 6.07) is 3.61. The van der Waals surface area contributed by atoms with Crippen LogP contribution in [0, 0.1) is 4.77 Å². The quantitative estimate of drug-likeness (QED) is 0.653. The molecular formula is C14H18N4O3S. The summed E-state index contributed by atoms with van der Waals surface area (Å²) in [6.45, 7) is 1.98. The normalized spacial score (nSPS) is 10.9. The molecule has 0 saturated carbocycles. The highest BCUT2D eigenvalue weighted by atomic mass is 32.1. The molecule has 7 nitrogen and oxygen atoms in total. The molecule has 1 aromatic heterocycles. The van der Waals surface area contributed by atoms with Crippen molar-refractivity contribution in [2.24, 2.45) is 5.10 Å². The lowest BCUT2D eigenvalue weighted by molar-refractivity contribution is 0.324. The molecule has 8 heteroatoms. The molecule has 1 N–H and O–H groups in total. The number of benzene rings is 1. The van der Waals surface area contributed by atoms with Gasteiger partial charge in [-0.2, -0.15) is 14.9 Å². The van der Waals surface area contributed by atoms with Crippen molar-refractivity contribution in [2.75, 3.05) is 21.3 Å². The van der Waals surface area contributed by atoms with Crippen molar-refractivity contribution >= 4 is 18.4 Å². The van der Waals surface area contributed by atoms with Gasteiger partial charge in [-0.1, -0.05) is 6.92 Å². The fourth-order valence-corrected chi connectivity index (χ4v) is 2.17. The minimum Gasteiger partial charge on any atom is -0.493 e. The average Bonchev–Trinajstić information content (AvgIpc) is 2.91. The van der Waals surface area contributed by atoms with Crippen LogP contribution in [0.5, 0.6) is 17.2 Å². The van der Waals surface area contributed by atoms with Gasteiger partial charge in [-0.25, -0.2) is 0 Å². The summed E-state index contributed by atoms with van der Waals surface area (Å²) >= 11 is 5.15. The smallest absolute Gasteiger partial charge is 0.216 e. The maximum atomic E-state index is 5.31. The van der Waals surface area contributed by atoms with E-state index in [1.807, 2.05) is 6.92 Å². The highest BCUT2D eigenvalue weighted by Crippen LogP contribution is 2.37. The molecule has 0 fully saturated rings. The Morgan fingerprint density at radius 3 is 2.36 bits per heavy atom. The molecule has 0 aliphatic heterocycles. The van der Waals surface area contributed by atoms with Crippen molar-refractivity contribution < 1.29 is 14.2 Å². The number of methoxy groups -OCH3 is 3. The minimum absolute atomic E-state index is 0.445. The van der Waals surface area contributed by atoms with Crippen LogP contribution in [0.3, 0.4) is 0 Å². The second-order valence-corrected chi connectivity index (χ2v) is 4.70. The lowest BCUT2D eigenvalue weighted by Gasteiger charge is -2.12. The number of H-pyrrole nitrogens is 1. The zero-order chi connectivity index (χ0) is 16.1. The largest absolute Gasteiger partial charge is 0.493 e. The first-order valence-electron chi connectivity index (χ1n) is 6.65. The van der Waals surface area contributed by atoms with Gasteiger partial charge in [-0.05, 0) is 24.4 Å². The van der Waals surface area contributed by atoms with Gasteiger partial charge >= 0.3 is 0 Å². The fourth-order valence-electron chi connectivity index (χ4n) is 1.97. The topological polar surface area (TPSA) is 73.7 Å². The molecule has 0 amide bonds. The molecule has 1 aromatic carbocycles. The van der Waals surface area contributed by atoms with Gasteiger partial charge in [-0.15, -0.1) is 0 Å².